The summed E-state index contributed by atoms with van der Waals surface area (Å²) in [6.45, 7) is 18.2. The number of aromatic nitrogens is 4. The maximum absolute atomic E-state index is 4.52. The molecule has 53 heavy (non-hydrogen) atoms. The predicted octanol–water partition coefficient (Wildman–Crippen LogP) is 12.2. The Morgan fingerprint density at radius 1 is 0.547 bits per heavy atom. The molecule has 0 N–H and O–H groups in total. The summed E-state index contributed by atoms with van der Waals surface area (Å²) < 4.78 is 6.92. The van der Waals surface area contributed by atoms with Gasteiger partial charge in [0.05, 0.1) is 22.4 Å². The molecule has 4 nitrogen and oxygen atoms in total. The fraction of sp³-hybridized carbons (Fsp3) is 0.250. The van der Waals surface area contributed by atoms with Crippen LogP contribution in [0.4, 0.5) is 0 Å². The number of benzene rings is 5. The molecule has 1 radical (unpaired) electrons. The van der Waals surface area contributed by atoms with Crippen LogP contribution in [-0.4, -0.2) is 14.0 Å². The third-order valence-electron chi connectivity index (χ3n) is 10.7. The first kappa shape index (κ1) is 36.6. The van der Waals surface area contributed by atoms with Crippen LogP contribution >= 0.6 is 0 Å². The van der Waals surface area contributed by atoms with Crippen LogP contribution < -0.4 is 4.57 Å². The quantitative estimate of drug-likeness (QED) is 0.0928. The molecule has 0 fully saturated rings. The van der Waals surface area contributed by atoms with E-state index < -0.39 is 0 Å². The van der Waals surface area contributed by atoms with Gasteiger partial charge in [-0.15, -0.1) is 10.8 Å². The van der Waals surface area contributed by atoms with Crippen molar-refractivity contribution < 1.29 is 26.9 Å². The van der Waals surface area contributed by atoms with E-state index in [9.17, 15) is 0 Å². The largest absolute Gasteiger partial charge is 0.334 e. The first-order chi connectivity index (χ1) is 25.2. The monoisotopic (exact) mass is 876 g/mol. The smallest absolute Gasteiger partial charge is 0.269 e. The number of nitrogens with zero attached hydrogens (tertiary/aromatic N) is 4. The molecule has 4 aromatic heterocycles. The zero-order valence-corrected chi connectivity index (χ0v) is 34.0. The molecule has 0 amide bonds. The maximum Gasteiger partial charge on any atom is 0.269 e. The summed E-state index contributed by atoms with van der Waals surface area (Å²) in [4.78, 5) is 4.52. The summed E-state index contributed by atoms with van der Waals surface area (Å²) in [5.74, 6) is 1.63. The van der Waals surface area contributed by atoms with Crippen LogP contribution in [0.1, 0.15) is 101 Å². The summed E-state index contributed by atoms with van der Waals surface area (Å²) in [7, 11) is 0. The minimum Gasteiger partial charge on any atom is -0.334 e. The third-order valence-corrected chi connectivity index (χ3v) is 10.7. The van der Waals surface area contributed by atoms with Crippen LogP contribution in [0.5, 0.6) is 0 Å². The van der Waals surface area contributed by atoms with E-state index in [1.807, 2.05) is 12.4 Å². The predicted molar refractivity (Wildman–Crippen MR) is 218 cm³/mol. The molecular weight excluding hydrogens is 830 g/mol. The molecule has 5 heteroatoms. The van der Waals surface area contributed by atoms with E-state index in [4.69, 9.17) is 0 Å². The molecule has 0 saturated heterocycles. The van der Waals surface area contributed by atoms with Crippen LogP contribution in [0.2, 0.25) is 0 Å². The van der Waals surface area contributed by atoms with Crippen molar-refractivity contribution in [1.82, 2.24) is 14.0 Å². The van der Waals surface area contributed by atoms with E-state index in [0.29, 0.717) is 23.7 Å². The molecule has 0 spiro atoms. The van der Waals surface area contributed by atoms with Crippen molar-refractivity contribution in [1.29, 1.82) is 0 Å². The van der Waals surface area contributed by atoms with Crippen LogP contribution in [-0.2, 0) is 22.4 Å². The number of pyridine rings is 1. The summed E-state index contributed by atoms with van der Waals surface area (Å²) in [6.07, 6.45) is 7.67. The Morgan fingerprint density at radius 3 is 1.55 bits per heavy atom. The third kappa shape index (κ3) is 6.07. The van der Waals surface area contributed by atoms with E-state index in [2.05, 4.69) is 189 Å². The first-order valence-electron chi connectivity index (χ1n) is 18.8. The molecule has 4 heterocycles. The number of rotatable bonds is 6. The van der Waals surface area contributed by atoms with Gasteiger partial charge in [-0.2, -0.15) is 18.2 Å². The van der Waals surface area contributed by atoms with Crippen molar-refractivity contribution in [3.05, 3.63) is 150 Å². The van der Waals surface area contributed by atoms with Gasteiger partial charge in [0.2, 0.25) is 0 Å². The van der Waals surface area contributed by atoms with E-state index in [1.54, 1.807) is 0 Å². The molecular formula is C48H47AuN4-. The van der Waals surface area contributed by atoms with Crippen molar-refractivity contribution in [3.8, 4) is 11.4 Å². The summed E-state index contributed by atoms with van der Waals surface area (Å²) >= 11 is 0. The van der Waals surface area contributed by atoms with Crippen molar-refractivity contribution in [2.24, 2.45) is 0 Å². The molecule has 0 aliphatic rings. The van der Waals surface area contributed by atoms with Gasteiger partial charge in [-0.1, -0.05) is 128 Å². The van der Waals surface area contributed by atoms with Gasteiger partial charge in [0, 0.05) is 45.8 Å². The molecule has 0 bridgehead atoms. The Kier molecular flexibility index (Phi) is 10.1. The van der Waals surface area contributed by atoms with Crippen LogP contribution in [0.25, 0.3) is 60.5 Å². The van der Waals surface area contributed by atoms with Gasteiger partial charge in [0.25, 0.3) is 6.33 Å². The molecule has 5 aromatic carbocycles. The van der Waals surface area contributed by atoms with Gasteiger partial charge in [0.15, 0.2) is 0 Å². The second-order valence-electron chi connectivity index (χ2n) is 15.3. The van der Waals surface area contributed by atoms with E-state index in [1.165, 1.54) is 71.7 Å². The molecule has 9 aromatic rings. The van der Waals surface area contributed by atoms with Crippen molar-refractivity contribution in [2.75, 3.05) is 0 Å². The SMILES string of the molecule is CC(C)c1cccc(C(C)C)c1-n1[c-][n+](-c2c(C(C)C)cccc2C(C)C)c2ccncc21.[Au].[c-]1cc2c3ccccc3n3c4ccccc4c(c1)c23. The van der Waals surface area contributed by atoms with Gasteiger partial charge in [-0.05, 0) is 80.4 Å². The summed E-state index contributed by atoms with van der Waals surface area (Å²) in [6, 6.07) is 40.2. The molecule has 0 atom stereocenters. The standard InChI is InChI=1S/C30H37N3.C18H10N.Au/c1-19(2)23-11-9-12-24(20(3)4)29(23)32-18-33(28-17-31-16-15-27(28)32)30-25(21(5)6)13-10-14-26(30)22(7)8;1-3-10-16-12(6-1)14-8-5-9-15-13-7-2-4-11-17(13)19(16)18(14)15;/h9-17,19-22H,1-8H3;1-4,6-11H;/q;-1;. The topological polar surface area (TPSA) is 26.1 Å². The van der Waals surface area contributed by atoms with Gasteiger partial charge in [0.1, 0.15) is 0 Å². The normalized spacial score (nSPS) is 11.9. The fourth-order valence-corrected chi connectivity index (χ4v) is 8.13. The molecule has 9 rings (SSSR count). The van der Waals surface area contributed by atoms with E-state index in [0.717, 1.165) is 11.0 Å². The maximum atomic E-state index is 4.52. The summed E-state index contributed by atoms with van der Waals surface area (Å²) in [5, 5.41) is 5.21. The second-order valence-corrected chi connectivity index (χ2v) is 15.3. The Bertz CT molecular complexity index is 2480. The summed E-state index contributed by atoms with van der Waals surface area (Å²) in [5.41, 5.74) is 14.0. The molecule has 0 aliphatic heterocycles. The van der Waals surface area contributed by atoms with E-state index in [-0.39, 0.29) is 22.4 Å². The first-order valence-corrected chi connectivity index (χ1v) is 18.8. The number of hydrogen-bond acceptors (Lipinski definition) is 1. The minimum absolute atomic E-state index is 0. The number of hydrogen-bond donors (Lipinski definition) is 0. The zero-order valence-electron chi connectivity index (χ0n) is 31.9. The van der Waals surface area contributed by atoms with Gasteiger partial charge in [-0.3, -0.25) is 14.1 Å². The Morgan fingerprint density at radius 2 is 1.04 bits per heavy atom. The Hall–Kier alpha value is -4.74. The molecule has 271 valence electrons. The molecule has 0 saturated carbocycles. The molecule has 0 unspecified atom stereocenters. The fourth-order valence-electron chi connectivity index (χ4n) is 8.13. The Balaban J connectivity index is 0.000000183. The number of para-hydroxylation sites is 4. The average Bonchev–Trinajstić information content (AvgIpc) is 3.82. The average molecular weight is 877 g/mol. The second kappa shape index (κ2) is 14.6. The van der Waals surface area contributed by atoms with Crippen molar-refractivity contribution in [2.45, 2.75) is 79.1 Å². The number of fused-ring (bicyclic) bond motifs is 7. The zero-order chi connectivity index (χ0) is 36.3. The van der Waals surface area contributed by atoms with Gasteiger partial charge in [-0.25, -0.2) is 0 Å². The molecule has 0 aliphatic carbocycles. The van der Waals surface area contributed by atoms with Crippen molar-refractivity contribution in [3.63, 3.8) is 0 Å². The van der Waals surface area contributed by atoms with Gasteiger partial charge < -0.3 is 4.40 Å². The minimum atomic E-state index is 0. The van der Waals surface area contributed by atoms with Crippen LogP contribution in [0.15, 0.2) is 116 Å². The van der Waals surface area contributed by atoms with Crippen molar-refractivity contribution >= 4 is 49.1 Å². The Labute approximate surface area is 329 Å². The van der Waals surface area contributed by atoms with Gasteiger partial charge >= 0.3 is 0 Å². The number of imidazole rings is 1. The van der Waals surface area contributed by atoms with Crippen LogP contribution in [0, 0.1) is 12.4 Å². The van der Waals surface area contributed by atoms with Crippen LogP contribution in [0.3, 0.4) is 0 Å². The van der Waals surface area contributed by atoms with E-state index >= 15 is 0 Å².